The Hall–Kier alpha value is -1.82. The summed E-state index contributed by atoms with van der Waals surface area (Å²) in [5.74, 6) is 0.439. The second-order valence-electron chi connectivity index (χ2n) is 6.95. The molecule has 2 aromatic rings. The van der Waals surface area contributed by atoms with Crippen molar-refractivity contribution in [2.24, 2.45) is 5.92 Å². The number of hydrogen-bond acceptors (Lipinski definition) is 5. The maximum absolute atomic E-state index is 11.7. The normalized spacial score (nSPS) is 18.4. The molecule has 0 unspecified atom stereocenters. The molecule has 23 heavy (non-hydrogen) atoms. The van der Waals surface area contributed by atoms with Gasteiger partial charge in [-0.25, -0.2) is 9.78 Å². The predicted molar refractivity (Wildman–Crippen MR) is 94.2 cm³/mol. The van der Waals surface area contributed by atoms with Crippen LogP contribution in [-0.2, 0) is 4.74 Å². The van der Waals surface area contributed by atoms with Crippen molar-refractivity contribution in [1.29, 1.82) is 0 Å². The van der Waals surface area contributed by atoms with Crippen molar-refractivity contribution in [3.8, 4) is 0 Å². The molecule has 1 amide bonds. The highest BCUT2D eigenvalue weighted by molar-refractivity contribution is 7.22. The Balaban J connectivity index is 1.53. The zero-order chi connectivity index (χ0) is 16.4. The average molecular weight is 333 g/mol. The van der Waals surface area contributed by atoms with E-state index in [1.165, 1.54) is 4.70 Å². The van der Waals surface area contributed by atoms with Gasteiger partial charge < -0.3 is 15.0 Å². The molecule has 0 spiro atoms. The molecule has 6 heteroatoms. The van der Waals surface area contributed by atoms with Crippen LogP contribution in [0.1, 0.15) is 27.2 Å². The molecule has 1 aliphatic rings. The van der Waals surface area contributed by atoms with Crippen LogP contribution >= 0.6 is 11.3 Å². The number of rotatable bonds is 3. The number of para-hydroxylation sites is 1. The summed E-state index contributed by atoms with van der Waals surface area (Å²) in [5.41, 5.74) is 0.607. The molecule has 3 rings (SSSR count). The zero-order valence-electron chi connectivity index (χ0n) is 13.8. The van der Waals surface area contributed by atoms with Crippen LogP contribution in [0.2, 0.25) is 0 Å². The highest BCUT2D eigenvalue weighted by Crippen LogP contribution is 2.31. The molecular weight excluding hydrogens is 310 g/mol. The minimum atomic E-state index is -0.452. The second kappa shape index (κ2) is 6.35. The van der Waals surface area contributed by atoms with E-state index >= 15 is 0 Å². The van der Waals surface area contributed by atoms with Crippen molar-refractivity contribution >= 4 is 32.8 Å². The van der Waals surface area contributed by atoms with Crippen molar-refractivity contribution in [3.63, 3.8) is 0 Å². The van der Waals surface area contributed by atoms with Gasteiger partial charge >= 0.3 is 6.09 Å². The van der Waals surface area contributed by atoms with E-state index in [-0.39, 0.29) is 6.09 Å². The molecule has 0 bridgehead atoms. The summed E-state index contributed by atoms with van der Waals surface area (Å²) in [5, 5.41) is 3.95. The van der Waals surface area contributed by atoms with Gasteiger partial charge in [-0.05, 0) is 45.2 Å². The largest absolute Gasteiger partial charge is 0.444 e. The SMILES string of the molecule is CC(C)(C)OC(=O)NC[C@@H]1CCN(c2nc3ccccc3s2)C1. The Morgan fingerprint density at radius 3 is 2.96 bits per heavy atom. The van der Waals surface area contributed by atoms with Crippen LogP contribution in [-0.4, -0.2) is 36.3 Å². The predicted octanol–water partition coefficient (Wildman–Crippen LogP) is 3.65. The smallest absolute Gasteiger partial charge is 0.407 e. The van der Waals surface area contributed by atoms with Crippen molar-refractivity contribution in [2.75, 3.05) is 24.5 Å². The van der Waals surface area contributed by atoms with Gasteiger partial charge in [-0.1, -0.05) is 23.5 Å². The summed E-state index contributed by atoms with van der Waals surface area (Å²) in [4.78, 5) is 18.7. The van der Waals surface area contributed by atoms with Gasteiger partial charge in [0.2, 0.25) is 0 Å². The van der Waals surface area contributed by atoms with E-state index in [9.17, 15) is 4.79 Å². The summed E-state index contributed by atoms with van der Waals surface area (Å²) in [6.45, 7) is 8.18. The maximum Gasteiger partial charge on any atom is 0.407 e. The minimum Gasteiger partial charge on any atom is -0.444 e. The first-order valence-corrected chi connectivity index (χ1v) is 8.80. The highest BCUT2D eigenvalue weighted by Gasteiger charge is 2.26. The molecule has 5 nitrogen and oxygen atoms in total. The molecule has 1 aromatic heterocycles. The Morgan fingerprint density at radius 1 is 1.43 bits per heavy atom. The topological polar surface area (TPSA) is 54.5 Å². The lowest BCUT2D eigenvalue weighted by molar-refractivity contribution is 0.0520. The minimum absolute atomic E-state index is 0.337. The van der Waals surface area contributed by atoms with Gasteiger partial charge in [-0.3, -0.25) is 0 Å². The number of fused-ring (bicyclic) bond motifs is 1. The van der Waals surface area contributed by atoms with E-state index in [4.69, 9.17) is 9.72 Å². The Morgan fingerprint density at radius 2 is 2.22 bits per heavy atom. The average Bonchev–Trinajstić information content (AvgIpc) is 3.09. The van der Waals surface area contributed by atoms with E-state index in [0.29, 0.717) is 12.5 Å². The van der Waals surface area contributed by atoms with Crippen LogP contribution in [0, 0.1) is 5.92 Å². The van der Waals surface area contributed by atoms with Crippen molar-refractivity contribution in [3.05, 3.63) is 24.3 Å². The quantitative estimate of drug-likeness (QED) is 0.931. The van der Waals surface area contributed by atoms with Gasteiger partial charge in [0.1, 0.15) is 5.60 Å². The number of nitrogens with one attached hydrogen (secondary N) is 1. The number of thiazole rings is 1. The molecule has 1 atom stereocenters. The lowest BCUT2D eigenvalue weighted by Crippen LogP contribution is -2.36. The van der Waals surface area contributed by atoms with E-state index in [2.05, 4.69) is 16.3 Å². The van der Waals surface area contributed by atoms with Gasteiger partial charge in [-0.2, -0.15) is 0 Å². The number of anilines is 1. The molecule has 1 N–H and O–H groups in total. The van der Waals surface area contributed by atoms with Crippen LogP contribution in [0.4, 0.5) is 9.93 Å². The first-order valence-electron chi connectivity index (χ1n) is 7.98. The molecule has 2 heterocycles. The number of carbonyl (C=O) groups excluding carboxylic acids is 1. The monoisotopic (exact) mass is 333 g/mol. The van der Waals surface area contributed by atoms with Gasteiger partial charge in [0.15, 0.2) is 5.13 Å². The van der Waals surface area contributed by atoms with Gasteiger partial charge in [0.25, 0.3) is 0 Å². The first-order chi connectivity index (χ1) is 10.9. The molecule has 0 radical (unpaired) electrons. The van der Waals surface area contributed by atoms with Crippen LogP contribution in [0.5, 0.6) is 0 Å². The first kappa shape index (κ1) is 16.1. The third-order valence-corrected chi connectivity index (χ3v) is 4.87. The third kappa shape index (κ3) is 4.13. The molecule has 0 aliphatic carbocycles. The van der Waals surface area contributed by atoms with Crippen LogP contribution in [0.15, 0.2) is 24.3 Å². The Kier molecular flexibility index (Phi) is 4.43. The lowest BCUT2D eigenvalue weighted by atomic mass is 10.1. The number of hydrogen-bond donors (Lipinski definition) is 1. The van der Waals surface area contributed by atoms with Crippen LogP contribution in [0.3, 0.4) is 0 Å². The molecule has 1 fully saturated rings. The van der Waals surface area contributed by atoms with Crippen LogP contribution < -0.4 is 10.2 Å². The number of aromatic nitrogens is 1. The van der Waals surface area contributed by atoms with E-state index in [1.54, 1.807) is 11.3 Å². The standard InChI is InChI=1S/C17H23N3O2S/c1-17(2,3)22-16(21)18-10-12-8-9-20(11-12)15-19-13-6-4-5-7-14(13)23-15/h4-7,12H,8-11H2,1-3H3,(H,18,21)/t12-/m0/s1. The molecule has 1 saturated heterocycles. The molecule has 124 valence electrons. The van der Waals surface area contributed by atoms with Crippen molar-refractivity contribution in [2.45, 2.75) is 32.8 Å². The molecule has 0 saturated carbocycles. The van der Waals surface area contributed by atoms with Crippen molar-refractivity contribution < 1.29 is 9.53 Å². The van der Waals surface area contributed by atoms with E-state index in [1.807, 2.05) is 39.0 Å². The van der Waals surface area contributed by atoms with Crippen molar-refractivity contribution in [1.82, 2.24) is 10.3 Å². The Labute approximate surface area is 140 Å². The fourth-order valence-corrected chi connectivity index (χ4v) is 3.71. The number of benzene rings is 1. The fourth-order valence-electron chi connectivity index (χ4n) is 2.71. The van der Waals surface area contributed by atoms with Gasteiger partial charge in [-0.15, -0.1) is 0 Å². The van der Waals surface area contributed by atoms with Crippen LogP contribution in [0.25, 0.3) is 10.2 Å². The second-order valence-corrected chi connectivity index (χ2v) is 7.96. The number of nitrogens with zero attached hydrogens (tertiary/aromatic N) is 2. The highest BCUT2D eigenvalue weighted by atomic mass is 32.1. The Bertz CT molecular complexity index is 659. The van der Waals surface area contributed by atoms with E-state index < -0.39 is 5.60 Å². The fraction of sp³-hybridized carbons (Fsp3) is 0.529. The third-order valence-electron chi connectivity index (χ3n) is 3.77. The molecule has 1 aliphatic heterocycles. The number of ether oxygens (including phenoxy) is 1. The molecule has 1 aromatic carbocycles. The number of carbonyl (C=O) groups is 1. The summed E-state index contributed by atoms with van der Waals surface area (Å²) in [6, 6.07) is 8.21. The number of amides is 1. The summed E-state index contributed by atoms with van der Waals surface area (Å²) in [6.07, 6.45) is 0.724. The van der Waals surface area contributed by atoms with E-state index in [0.717, 1.165) is 30.2 Å². The molecular formula is C17H23N3O2S. The summed E-state index contributed by atoms with van der Waals surface area (Å²) < 4.78 is 6.50. The van der Waals surface area contributed by atoms with Gasteiger partial charge in [0, 0.05) is 19.6 Å². The zero-order valence-corrected chi connectivity index (χ0v) is 14.7. The maximum atomic E-state index is 11.7. The number of alkyl carbamates (subject to hydrolysis) is 1. The summed E-state index contributed by atoms with van der Waals surface area (Å²) >= 11 is 1.73. The summed E-state index contributed by atoms with van der Waals surface area (Å²) in [7, 11) is 0. The van der Waals surface area contributed by atoms with Gasteiger partial charge in [0.05, 0.1) is 10.2 Å². The lowest BCUT2D eigenvalue weighted by Gasteiger charge is -2.20.